The molecule has 2 heterocycles. The molecule has 0 radical (unpaired) electrons. The van der Waals surface area contributed by atoms with Gasteiger partial charge in [-0.15, -0.1) is 12.4 Å². The van der Waals surface area contributed by atoms with Gasteiger partial charge in [-0.2, -0.15) is 5.10 Å². The highest BCUT2D eigenvalue weighted by Crippen LogP contribution is 2.15. The number of hydrogen-bond acceptors (Lipinski definition) is 4. The lowest BCUT2D eigenvalue weighted by atomic mass is 10.0. The number of piperidine rings is 1. The molecule has 1 aliphatic rings. The maximum atomic E-state index is 12.3. The van der Waals surface area contributed by atoms with E-state index in [1.807, 2.05) is 25.1 Å². The topological polar surface area (TPSA) is 71.8 Å². The van der Waals surface area contributed by atoms with E-state index in [0.717, 1.165) is 37.2 Å². The van der Waals surface area contributed by atoms with Crippen molar-refractivity contribution in [3.63, 3.8) is 0 Å². The third kappa shape index (κ3) is 3.64. The van der Waals surface area contributed by atoms with E-state index in [1.165, 1.54) is 6.33 Å². The summed E-state index contributed by atoms with van der Waals surface area (Å²) in [5.74, 6) is -0.00450. The Morgan fingerprint density at radius 2 is 2.14 bits per heavy atom. The minimum atomic E-state index is -0.00450. The molecular formula is C15H20ClN5O. The summed E-state index contributed by atoms with van der Waals surface area (Å²) in [5, 5.41) is 10.5. The lowest BCUT2D eigenvalue weighted by molar-refractivity contribution is 0.0929. The Bertz CT molecular complexity index is 623. The van der Waals surface area contributed by atoms with Crippen LogP contribution >= 0.6 is 12.4 Å². The van der Waals surface area contributed by atoms with Crippen molar-refractivity contribution in [1.29, 1.82) is 0 Å². The number of carbonyl (C=O) groups excluding carboxylic acids is 1. The summed E-state index contributed by atoms with van der Waals surface area (Å²) in [6.45, 7) is 3.91. The summed E-state index contributed by atoms with van der Waals surface area (Å²) >= 11 is 0. The Hall–Kier alpha value is -1.92. The number of amides is 1. The summed E-state index contributed by atoms with van der Waals surface area (Å²) in [4.78, 5) is 16.2. The molecule has 2 aromatic rings. The fourth-order valence-corrected chi connectivity index (χ4v) is 2.62. The number of carbonyl (C=O) groups is 1. The van der Waals surface area contributed by atoms with Gasteiger partial charge in [-0.25, -0.2) is 9.67 Å². The highest BCUT2D eigenvalue weighted by Gasteiger charge is 2.16. The minimum absolute atomic E-state index is 0. The molecule has 1 aliphatic heterocycles. The normalized spacial score (nSPS) is 15.1. The van der Waals surface area contributed by atoms with Crippen LogP contribution in [-0.4, -0.2) is 39.8 Å². The standard InChI is InChI=1S/C15H19N5O.ClH/c1-11-8-12(2-3-14(11)20-10-17-9-18-20)15(21)19-13-4-6-16-7-5-13;/h2-3,8-10,13,16H,4-7H2,1H3,(H,19,21);1H. The van der Waals surface area contributed by atoms with Crippen LogP contribution in [0.3, 0.4) is 0 Å². The van der Waals surface area contributed by atoms with E-state index in [9.17, 15) is 4.79 Å². The van der Waals surface area contributed by atoms with Crippen molar-refractivity contribution in [3.05, 3.63) is 42.0 Å². The number of halogens is 1. The van der Waals surface area contributed by atoms with E-state index in [1.54, 1.807) is 11.0 Å². The van der Waals surface area contributed by atoms with Gasteiger partial charge in [-0.05, 0) is 56.6 Å². The molecule has 6 nitrogen and oxygen atoms in total. The number of nitrogens with zero attached hydrogens (tertiary/aromatic N) is 3. The van der Waals surface area contributed by atoms with Crippen molar-refractivity contribution < 1.29 is 4.79 Å². The number of aryl methyl sites for hydroxylation is 1. The van der Waals surface area contributed by atoms with E-state index in [2.05, 4.69) is 20.7 Å². The van der Waals surface area contributed by atoms with E-state index >= 15 is 0 Å². The second kappa shape index (κ2) is 7.38. The smallest absolute Gasteiger partial charge is 0.251 e. The average molecular weight is 322 g/mol. The van der Waals surface area contributed by atoms with Crippen LogP contribution in [0.4, 0.5) is 0 Å². The van der Waals surface area contributed by atoms with Crippen molar-refractivity contribution >= 4 is 18.3 Å². The van der Waals surface area contributed by atoms with Crippen LogP contribution in [0.25, 0.3) is 5.69 Å². The average Bonchev–Trinajstić information content (AvgIpc) is 3.02. The van der Waals surface area contributed by atoms with Crippen molar-refractivity contribution in [2.75, 3.05) is 13.1 Å². The molecule has 0 spiro atoms. The van der Waals surface area contributed by atoms with Crippen LogP contribution in [0, 0.1) is 6.92 Å². The summed E-state index contributed by atoms with van der Waals surface area (Å²) in [6.07, 6.45) is 5.12. The molecule has 3 rings (SSSR count). The van der Waals surface area contributed by atoms with E-state index in [0.29, 0.717) is 5.56 Å². The molecule has 1 aromatic heterocycles. The minimum Gasteiger partial charge on any atom is -0.349 e. The van der Waals surface area contributed by atoms with Crippen LogP contribution in [0.1, 0.15) is 28.8 Å². The lowest BCUT2D eigenvalue weighted by Crippen LogP contribution is -2.42. The van der Waals surface area contributed by atoms with Gasteiger partial charge in [0.1, 0.15) is 12.7 Å². The summed E-state index contributed by atoms with van der Waals surface area (Å²) in [5.41, 5.74) is 2.62. The molecule has 0 atom stereocenters. The highest BCUT2D eigenvalue weighted by atomic mass is 35.5. The Kier molecular flexibility index (Phi) is 5.51. The van der Waals surface area contributed by atoms with Gasteiger partial charge >= 0.3 is 0 Å². The number of nitrogens with one attached hydrogen (secondary N) is 2. The SMILES string of the molecule is Cc1cc(C(=O)NC2CCNCC2)ccc1-n1cncn1.Cl. The van der Waals surface area contributed by atoms with Crippen LogP contribution in [0.15, 0.2) is 30.9 Å². The molecule has 22 heavy (non-hydrogen) atoms. The fourth-order valence-electron chi connectivity index (χ4n) is 2.62. The van der Waals surface area contributed by atoms with Crippen LogP contribution in [0.2, 0.25) is 0 Å². The molecule has 1 amide bonds. The zero-order chi connectivity index (χ0) is 14.7. The van der Waals surface area contributed by atoms with Gasteiger partial charge < -0.3 is 10.6 Å². The van der Waals surface area contributed by atoms with Crippen molar-refractivity contribution in [2.24, 2.45) is 0 Å². The number of benzene rings is 1. The Balaban J connectivity index is 0.00000176. The molecule has 1 fully saturated rings. The predicted molar refractivity (Wildman–Crippen MR) is 86.7 cm³/mol. The van der Waals surface area contributed by atoms with Crippen molar-refractivity contribution in [2.45, 2.75) is 25.8 Å². The molecule has 2 N–H and O–H groups in total. The van der Waals surface area contributed by atoms with Gasteiger partial charge in [0.05, 0.1) is 5.69 Å². The first-order chi connectivity index (χ1) is 10.2. The molecule has 0 unspecified atom stereocenters. The third-order valence-corrected chi connectivity index (χ3v) is 3.80. The first-order valence-corrected chi connectivity index (χ1v) is 7.21. The monoisotopic (exact) mass is 321 g/mol. The first-order valence-electron chi connectivity index (χ1n) is 7.21. The second-order valence-electron chi connectivity index (χ2n) is 5.34. The van der Waals surface area contributed by atoms with Crippen LogP contribution < -0.4 is 10.6 Å². The molecule has 0 bridgehead atoms. The van der Waals surface area contributed by atoms with Gasteiger partial charge in [0.2, 0.25) is 0 Å². The molecule has 1 saturated heterocycles. The Labute approximate surface area is 135 Å². The first kappa shape index (κ1) is 16.5. The van der Waals surface area contributed by atoms with Crippen molar-refractivity contribution in [1.82, 2.24) is 25.4 Å². The molecule has 1 aromatic carbocycles. The largest absolute Gasteiger partial charge is 0.349 e. The van der Waals surface area contributed by atoms with Gasteiger partial charge in [0.25, 0.3) is 5.91 Å². The zero-order valence-electron chi connectivity index (χ0n) is 12.5. The highest BCUT2D eigenvalue weighted by molar-refractivity contribution is 5.94. The molecule has 0 aliphatic carbocycles. The lowest BCUT2D eigenvalue weighted by Gasteiger charge is -2.23. The van der Waals surface area contributed by atoms with E-state index in [-0.39, 0.29) is 24.4 Å². The molecule has 118 valence electrons. The third-order valence-electron chi connectivity index (χ3n) is 3.80. The number of aromatic nitrogens is 3. The predicted octanol–water partition coefficient (Wildman–Crippen LogP) is 1.48. The molecule has 0 saturated carbocycles. The summed E-state index contributed by atoms with van der Waals surface area (Å²) < 4.78 is 1.70. The Morgan fingerprint density at radius 1 is 1.36 bits per heavy atom. The van der Waals surface area contributed by atoms with E-state index in [4.69, 9.17) is 0 Å². The van der Waals surface area contributed by atoms with Gasteiger partial charge in [0.15, 0.2) is 0 Å². The fraction of sp³-hybridized carbons (Fsp3) is 0.400. The van der Waals surface area contributed by atoms with E-state index < -0.39 is 0 Å². The summed E-state index contributed by atoms with van der Waals surface area (Å²) in [6, 6.07) is 5.91. The van der Waals surface area contributed by atoms with Crippen molar-refractivity contribution in [3.8, 4) is 5.69 Å². The molecule has 7 heteroatoms. The van der Waals surface area contributed by atoms with Crippen LogP contribution in [0.5, 0.6) is 0 Å². The number of rotatable bonds is 3. The van der Waals surface area contributed by atoms with Gasteiger partial charge in [0, 0.05) is 11.6 Å². The second-order valence-corrected chi connectivity index (χ2v) is 5.34. The van der Waals surface area contributed by atoms with Gasteiger partial charge in [-0.1, -0.05) is 0 Å². The van der Waals surface area contributed by atoms with Gasteiger partial charge in [-0.3, -0.25) is 4.79 Å². The maximum Gasteiger partial charge on any atom is 0.251 e. The Morgan fingerprint density at radius 3 is 2.77 bits per heavy atom. The maximum absolute atomic E-state index is 12.3. The molecular weight excluding hydrogens is 302 g/mol. The summed E-state index contributed by atoms with van der Waals surface area (Å²) in [7, 11) is 0. The van der Waals surface area contributed by atoms with Crippen LogP contribution in [-0.2, 0) is 0 Å². The zero-order valence-corrected chi connectivity index (χ0v) is 13.3. The quantitative estimate of drug-likeness (QED) is 0.898. The number of hydrogen-bond donors (Lipinski definition) is 2.